The largest absolute Gasteiger partial charge is 1.00 e. The number of unbranched alkanes of at least 4 members (excludes halogenated alkanes) is 9. The highest BCUT2D eigenvalue weighted by molar-refractivity contribution is 5.19. The average Bonchev–Trinajstić information content (AvgIpc) is 2.59. The molecule has 0 radical (unpaired) electrons. The van der Waals surface area contributed by atoms with Crippen molar-refractivity contribution < 1.29 is 17.3 Å². The quantitative estimate of drug-likeness (QED) is 0.454. The van der Waals surface area contributed by atoms with Crippen LogP contribution in [0.5, 0.6) is 0 Å². The molecule has 25 heavy (non-hydrogen) atoms. The van der Waals surface area contributed by atoms with Crippen molar-refractivity contribution in [3.8, 4) is 0 Å². The van der Waals surface area contributed by atoms with E-state index < -0.39 is 0 Å². The summed E-state index contributed by atoms with van der Waals surface area (Å²) in [5.41, 5.74) is 1.54. The zero-order valence-corrected chi connectivity index (χ0v) is 17.8. The molecule has 1 aromatic carbocycles. The lowest BCUT2D eigenvalue weighted by Crippen LogP contribution is -3.05. The van der Waals surface area contributed by atoms with Crippen molar-refractivity contribution >= 4 is 0 Å². The van der Waals surface area contributed by atoms with Crippen molar-refractivity contribution in [1.29, 1.82) is 0 Å². The van der Waals surface area contributed by atoms with Gasteiger partial charge in [0.25, 0.3) is 0 Å². The summed E-state index contributed by atoms with van der Waals surface area (Å²) in [7, 11) is 4.51. The van der Waals surface area contributed by atoms with E-state index >= 15 is 0 Å². The maximum absolute atomic E-state index is 2.33. The van der Waals surface area contributed by atoms with Gasteiger partial charge < -0.3 is 17.3 Å². The van der Waals surface area contributed by atoms with Gasteiger partial charge in [-0.15, -0.1) is 0 Å². The maximum Gasteiger partial charge on any atom is 0.0766 e. The molecule has 0 aliphatic rings. The molecule has 0 fully saturated rings. The van der Waals surface area contributed by atoms with Crippen LogP contribution in [0.25, 0.3) is 0 Å². The van der Waals surface area contributed by atoms with Crippen molar-refractivity contribution in [3.63, 3.8) is 0 Å². The Labute approximate surface area is 164 Å². The Kier molecular flexibility index (Phi) is 16.6. The van der Waals surface area contributed by atoms with Crippen LogP contribution in [0.15, 0.2) is 30.3 Å². The first-order valence-corrected chi connectivity index (χ1v) is 10.6. The number of nitrogens with one attached hydrogen (secondary N) is 1. The number of rotatable bonds is 15. The molecule has 1 unspecified atom stereocenters. The van der Waals surface area contributed by atoms with Crippen LogP contribution in [0, 0.1) is 0 Å². The van der Waals surface area contributed by atoms with Crippen LogP contribution in [-0.4, -0.2) is 20.6 Å². The second-order valence-electron chi connectivity index (χ2n) is 7.80. The lowest BCUT2D eigenvalue weighted by atomic mass is 9.91. The minimum atomic E-state index is 0. The van der Waals surface area contributed by atoms with Gasteiger partial charge in [0.2, 0.25) is 0 Å². The Morgan fingerprint density at radius 1 is 0.720 bits per heavy atom. The molecule has 0 aromatic heterocycles. The first-order chi connectivity index (χ1) is 11.7. The number of hydrogen-bond donors (Lipinski definition) is 1. The number of quaternary nitrogens is 1. The van der Waals surface area contributed by atoms with E-state index in [1.807, 2.05) is 0 Å². The SMILES string of the molecule is CCC(CCCCCCCCCCCC[NH+](C)C)c1ccccc1.[Cl-]. The molecular formula is C23H42ClN. The third kappa shape index (κ3) is 13.3. The Bertz CT molecular complexity index is 377. The molecule has 0 aliphatic heterocycles. The number of benzene rings is 1. The molecule has 0 saturated heterocycles. The smallest absolute Gasteiger partial charge is 0.0766 e. The van der Waals surface area contributed by atoms with Gasteiger partial charge in [-0.2, -0.15) is 0 Å². The summed E-state index contributed by atoms with van der Waals surface area (Å²) >= 11 is 0. The summed E-state index contributed by atoms with van der Waals surface area (Å²) in [6.07, 6.45) is 17.0. The van der Waals surface area contributed by atoms with E-state index in [0.717, 1.165) is 5.92 Å². The van der Waals surface area contributed by atoms with Crippen LogP contribution in [0.1, 0.15) is 95.5 Å². The summed E-state index contributed by atoms with van der Waals surface area (Å²) in [4.78, 5) is 1.59. The molecule has 0 spiro atoms. The van der Waals surface area contributed by atoms with E-state index in [2.05, 4.69) is 51.4 Å². The molecule has 0 heterocycles. The van der Waals surface area contributed by atoms with Crippen molar-refractivity contribution in [3.05, 3.63) is 35.9 Å². The van der Waals surface area contributed by atoms with Gasteiger partial charge in [0.1, 0.15) is 0 Å². The van der Waals surface area contributed by atoms with Gasteiger partial charge >= 0.3 is 0 Å². The maximum atomic E-state index is 2.33. The standard InChI is InChI=1S/C23H41N.ClH/c1-4-22(23-19-15-13-16-20-23)18-14-11-9-7-5-6-8-10-12-17-21-24(2)3;/h13,15-16,19-20,22H,4-12,14,17-18,21H2,1-3H3;1H. The fraction of sp³-hybridized carbons (Fsp3) is 0.739. The summed E-state index contributed by atoms with van der Waals surface area (Å²) < 4.78 is 0. The van der Waals surface area contributed by atoms with Crippen LogP contribution in [-0.2, 0) is 0 Å². The molecule has 0 aliphatic carbocycles. The Hall–Kier alpha value is -0.530. The van der Waals surface area contributed by atoms with Gasteiger partial charge in [0.05, 0.1) is 20.6 Å². The van der Waals surface area contributed by atoms with Gasteiger partial charge in [0.15, 0.2) is 0 Å². The lowest BCUT2D eigenvalue weighted by molar-refractivity contribution is -0.858. The second kappa shape index (κ2) is 16.9. The van der Waals surface area contributed by atoms with E-state index in [1.165, 1.54) is 89.2 Å². The minimum absolute atomic E-state index is 0. The Balaban J connectivity index is 0.00000576. The highest BCUT2D eigenvalue weighted by Crippen LogP contribution is 2.25. The number of halogens is 1. The van der Waals surface area contributed by atoms with Crippen molar-refractivity contribution in [2.24, 2.45) is 0 Å². The summed E-state index contributed by atoms with van der Waals surface area (Å²) in [5, 5.41) is 0. The van der Waals surface area contributed by atoms with Crippen LogP contribution in [0.4, 0.5) is 0 Å². The fourth-order valence-electron chi connectivity index (χ4n) is 3.62. The molecular weight excluding hydrogens is 326 g/mol. The van der Waals surface area contributed by atoms with Gasteiger partial charge in [-0.05, 0) is 37.2 Å². The molecule has 0 amide bonds. The number of hydrogen-bond acceptors (Lipinski definition) is 0. The van der Waals surface area contributed by atoms with Crippen molar-refractivity contribution in [1.82, 2.24) is 0 Å². The highest BCUT2D eigenvalue weighted by atomic mass is 35.5. The molecule has 1 nitrogen and oxygen atoms in total. The Morgan fingerprint density at radius 3 is 1.68 bits per heavy atom. The van der Waals surface area contributed by atoms with Crippen LogP contribution in [0.2, 0.25) is 0 Å². The average molecular weight is 368 g/mol. The summed E-state index contributed by atoms with van der Waals surface area (Å²) in [6, 6.07) is 11.1. The van der Waals surface area contributed by atoms with Gasteiger partial charge in [-0.1, -0.05) is 88.6 Å². The van der Waals surface area contributed by atoms with E-state index in [0.29, 0.717) is 0 Å². The molecule has 2 heteroatoms. The van der Waals surface area contributed by atoms with E-state index in [-0.39, 0.29) is 12.4 Å². The molecule has 1 atom stereocenters. The first-order valence-electron chi connectivity index (χ1n) is 10.6. The second-order valence-corrected chi connectivity index (χ2v) is 7.80. The topological polar surface area (TPSA) is 4.44 Å². The van der Waals surface area contributed by atoms with Crippen LogP contribution >= 0.6 is 0 Å². The van der Waals surface area contributed by atoms with Gasteiger partial charge in [-0.3, -0.25) is 0 Å². The normalized spacial score (nSPS) is 12.2. The monoisotopic (exact) mass is 367 g/mol. The van der Waals surface area contributed by atoms with Crippen molar-refractivity contribution in [2.75, 3.05) is 20.6 Å². The third-order valence-electron chi connectivity index (χ3n) is 5.24. The molecule has 1 N–H and O–H groups in total. The van der Waals surface area contributed by atoms with Crippen molar-refractivity contribution in [2.45, 2.75) is 89.9 Å². The van der Waals surface area contributed by atoms with E-state index in [9.17, 15) is 0 Å². The summed E-state index contributed by atoms with van der Waals surface area (Å²) in [6.45, 7) is 3.67. The van der Waals surface area contributed by atoms with E-state index in [4.69, 9.17) is 0 Å². The predicted molar refractivity (Wildman–Crippen MR) is 108 cm³/mol. The first kappa shape index (κ1) is 24.5. The third-order valence-corrected chi connectivity index (χ3v) is 5.24. The molecule has 0 bridgehead atoms. The predicted octanol–water partition coefficient (Wildman–Crippen LogP) is 2.62. The minimum Gasteiger partial charge on any atom is -1.00 e. The van der Waals surface area contributed by atoms with E-state index in [1.54, 1.807) is 4.90 Å². The molecule has 1 aromatic rings. The molecule has 146 valence electrons. The highest BCUT2D eigenvalue weighted by Gasteiger charge is 2.07. The van der Waals surface area contributed by atoms with Crippen LogP contribution in [0.3, 0.4) is 0 Å². The fourth-order valence-corrected chi connectivity index (χ4v) is 3.62. The molecule has 0 saturated carbocycles. The zero-order valence-electron chi connectivity index (χ0n) is 17.0. The zero-order chi connectivity index (χ0) is 17.5. The molecule has 1 rings (SSSR count). The van der Waals surface area contributed by atoms with Crippen LogP contribution < -0.4 is 17.3 Å². The van der Waals surface area contributed by atoms with Gasteiger partial charge in [0, 0.05) is 0 Å². The lowest BCUT2D eigenvalue weighted by Gasteiger charge is -2.15. The van der Waals surface area contributed by atoms with Gasteiger partial charge in [-0.25, -0.2) is 0 Å². The Morgan fingerprint density at radius 2 is 1.20 bits per heavy atom. The summed E-state index contributed by atoms with van der Waals surface area (Å²) in [5.74, 6) is 0.773.